The lowest BCUT2D eigenvalue weighted by Crippen LogP contribution is -2.36. The van der Waals surface area contributed by atoms with Crippen molar-refractivity contribution >= 4 is 39.1 Å². The first-order valence-electron chi connectivity index (χ1n) is 11.2. The van der Waals surface area contributed by atoms with E-state index in [1.165, 1.54) is 11.8 Å². The molecule has 1 aliphatic heterocycles. The summed E-state index contributed by atoms with van der Waals surface area (Å²) in [6, 6.07) is 12.4. The maximum absolute atomic E-state index is 5.50. The number of rotatable bonds is 5. The lowest BCUT2D eigenvalue weighted by atomic mass is 10.1. The number of benzene rings is 1. The summed E-state index contributed by atoms with van der Waals surface area (Å²) in [6.07, 6.45) is 0. The Hall–Kier alpha value is -2.92. The summed E-state index contributed by atoms with van der Waals surface area (Å²) in [5.74, 6) is 1.42. The van der Waals surface area contributed by atoms with Gasteiger partial charge in [0.25, 0.3) is 5.78 Å². The summed E-state index contributed by atoms with van der Waals surface area (Å²) in [4.78, 5) is 22.5. The van der Waals surface area contributed by atoms with Gasteiger partial charge < -0.3 is 4.74 Å². The molecule has 6 rings (SSSR count). The van der Waals surface area contributed by atoms with Crippen LogP contribution in [0.1, 0.15) is 17.2 Å². The molecule has 1 saturated heterocycles. The Bertz CT molecular complexity index is 1480. The zero-order valence-corrected chi connectivity index (χ0v) is 20.6. The quantitative estimate of drug-likeness (QED) is 0.336. The van der Waals surface area contributed by atoms with Gasteiger partial charge in [-0.05, 0) is 37.2 Å². The van der Waals surface area contributed by atoms with E-state index in [4.69, 9.17) is 19.8 Å². The smallest absolute Gasteiger partial charge is 0.253 e. The molecular formula is C24H23N7OS2. The molecule has 0 aliphatic carbocycles. The summed E-state index contributed by atoms with van der Waals surface area (Å²) in [5, 5.41) is 9.43. The topological polar surface area (TPSA) is 81.3 Å². The van der Waals surface area contributed by atoms with Crippen LogP contribution in [0.15, 0.2) is 52.0 Å². The molecule has 1 aromatic carbocycles. The van der Waals surface area contributed by atoms with Crippen LogP contribution in [-0.4, -0.2) is 60.8 Å². The van der Waals surface area contributed by atoms with Crippen molar-refractivity contribution in [3.63, 3.8) is 0 Å². The number of nitrogens with zero attached hydrogens (tertiary/aromatic N) is 7. The number of aryl methyl sites for hydroxylation is 2. The van der Waals surface area contributed by atoms with Crippen molar-refractivity contribution in [3.05, 3.63) is 59.0 Å². The Morgan fingerprint density at radius 1 is 1.03 bits per heavy atom. The fourth-order valence-corrected chi connectivity index (χ4v) is 6.08. The monoisotopic (exact) mass is 489 g/mol. The van der Waals surface area contributed by atoms with Gasteiger partial charge in [-0.1, -0.05) is 30.3 Å². The largest absolute Gasteiger partial charge is 0.379 e. The van der Waals surface area contributed by atoms with Crippen molar-refractivity contribution in [3.8, 4) is 11.1 Å². The van der Waals surface area contributed by atoms with E-state index in [2.05, 4.69) is 44.5 Å². The standard InChI is InChI=1S/C24H23N7OS2/c1-15-12-16(2)31-23(25-15)28-24(29-31)34-22-20-18(17-6-4-3-5-7-17)14-33-21(20)26-19(27-22)13-30-8-10-32-11-9-30/h3-7,12,14H,8-11,13H2,1-2H3. The first-order valence-corrected chi connectivity index (χ1v) is 12.9. The van der Waals surface area contributed by atoms with Gasteiger partial charge >= 0.3 is 0 Å². The van der Waals surface area contributed by atoms with Gasteiger partial charge in [0, 0.05) is 35.4 Å². The average molecular weight is 490 g/mol. The van der Waals surface area contributed by atoms with E-state index >= 15 is 0 Å². The van der Waals surface area contributed by atoms with E-state index in [-0.39, 0.29) is 0 Å². The third-order valence-electron chi connectivity index (χ3n) is 5.79. The second kappa shape index (κ2) is 9.03. The fraction of sp³-hybridized carbons (Fsp3) is 0.292. The predicted molar refractivity (Wildman–Crippen MR) is 133 cm³/mol. The number of hydrogen-bond acceptors (Lipinski definition) is 9. The van der Waals surface area contributed by atoms with E-state index in [9.17, 15) is 0 Å². The highest BCUT2D eigenvalue weighted by Gasteiger charge is 2.20. The average Bonchev–Trinajstić information content (AvgIpc) is 3.44. The zero-order valence-electron chi connectivity index (χ0n) is 18.9. The van der Waals surface area contributed by atoms with Crippen LogP contribution < -0.4 is 0 Å². The van der Waals surface area contributed by atoms with Crippen molar-refractivity contribution in [1.82, 2.24) is 34.4 Å². The minimum Gasteiger partial charge on any atom is -0.379 e. The molecule has 0 bridgehead atoms. The van der Waals surface area contributed by atoms with E-state index in [1.807, 2.05) is 26.0 Å². The maximum Gasteiger partial charge on any atom is 0.253 e. The second-order valence-electron chi connectivity index (χ2n) is 8.28. The van der Waals surface area contributed by atoms with Gasteiger partial charge in [0.05, 0.1) is 25.1 Å². The van der Waals surface area contributed by atoms with Crippen molar-refractivity contribution in [2.75, 3.05) is 26.3 Å². The van der Waals surface area contributed by atoms with Crippen LogP contribution in [0.25, 0.3) is 27.1 Å². The number of hydrogen-bond donors (Lipinski definition) is 0. The number of morpholine rings is 1. The Labute approximate surface area is 205 Å². The van der Waals surface area contributed by atoms with Crippen LogP contribution in [0.2, 0.25) is 0 Å². The van der Waals surface area contributed by atoms with Crippen molar-refractivity contribution < 1.29 is 4.74 Å². The molecule has 0 atom stereocenters. The summed E-state index contributed by atoms with van der Waals surface area (Å²) in [6.45, 7) is 7.96. The number of ether oxygens (including phenoxy) is 1. The molecule has 34 heavy (non-hydrogen) atoms. The number of fused-ring (bicyclic) bond motifs is 2. The molecule has 0 N–H and O–H groups in total. The van der Waals surface area contributed by atoms with Crippen LogP contribution >= 0.6 is 23.1 Å². The highest BCUT2D eigenvalue weighted by molar-refractivity contribution is 7.99. The van der Waals surface area contributed by atoms with Gasteiger partial charge in [-0.2, -0.15) is 4.98 Å². The van der Waals surface area contributed by atoms with Crippen LogP contribution in [-0.2, 0) is 11.3 Å². The molecule has 5 aromatic rings. The highest BCUT2D eigenvalue weighted by atomic mass is 32.2. The van der Waals surface area contributed by atoms with Gasteiger partial charge in [0.15, 0.2) is 0 Å². The molecule has 172 valence electrons. The molecule has 10 heteroatoms. The van der Waals surface area contributed by atoms with E-state index in [1.54, 1.807) is 15.9 Å². The SMILES string of the molecule is Cc1cc(C)n2nc(Sc3nc(CN4CCOCC4)nc4scc(-c5ccccc5)c34)nc2n1. The third kappa shape index (κ3) is 4.18. The maximum atomic E-state index is 5.50. The lowest BCUT2D eigenvalue weighted by molar-refractivity contribution is 0.0330. The van der Waals surface area contributed by atoms with Crippen LogP contribution in [0.3, 0.4) is 0 Å². The Morgan fingerprint density at radius 2 is 1.85 bits per heavy atom. The molecule has 0 amide bonds. The lowest BCUT2D eigenvalue weighted by Gasteiger charge is -2.25. The molecular weight excluding hydrogens is 466 g/mol. The molecule has 0 radical (unpaired) electrons. The third-order valence-corrected chi connectivity index (χ3v) is 7.50. The van der Waals surface area contributed by atoms with Crippen LogP contribution in [0, 0.1) is 13.8 Å². The molecule has 0 spiro atoms. The Kier molecular flexibility index (Phi) is 5.74. The summed E-state index contributed by atoms with van der Waals surface area (Å²) in [5.41, 5.74) is 4.21. The molecule has 8 nitrogen and oxygen atoms in total. The van der Waals surface area contributed by atoms with E-state index in [0.717, 1.165) is 69.9 Å². The highest BCUT2D eigenvalue weighted by Crippen LogP contribution is 2.40. The molecule has 5 heterocycles. The van der Waals surface area contributed by atoms with Gasteiger partial charge in [0.2, 0.25) is 5.16 Å². The minimum atomic E-state index is 0.604. The number of aromatic nitrogens is 6. The molecule has 4 aromatic heterocycles. The predicted octanol–water partition coefficient (Wildman–Crippen LogP) is 4.40. The summed E-state index contributed by atoms with van der Waals surface area (Å²) in [7, 11) is 0. The number of thiophene rings is 1. The Balaban J connectivity index is 1.45. The van der Waals surface area contributed by atoms with E-state index < -0.39 is 0 Å². The summed E-state index contributed by atoms with van der Waals surface area (Å²) < 4.78 is 7.29. The molecule has 0 unspecified atom stereocenters. The van der Waals surface area contributed by atoms with Crippen LogP contribution in [0.4, 0.5) is 0 Å². The molecule has 1 fully saturated rings. The van der Waals surface area contributed by atoms with Crippen LogP contribution in [0.5, 0.6) is 0 Å². The summed E-state index contributed by atoms with van der Waals surface area (Å²) >= 11 is 3.13. The second-order valence-corrected chi connectivity index (χ2v) is 10.1. The molecule has 1 aliphatic rings. The Morgan fingerprint density at radius 3 is 2.68 bits per heavy atom. The normalized spacial score (nSPS) is 14.9. The zero-order chi connectivity index (χ0) is 23.1. The van der Waals surface area contributed by atoms with Gasteiger partial charge in [-0.15, -0.1) is 16.4 Å². The molecule has 0 saturated carbocycles. The first kappa shape index (κ1) is 21.6. The first-order chi connectivity index (χ1) is 16.6. The minimum absolute atomic E-state index is 0.604. The van der Waals surface area contributed by atoms with Crippen molar-refractivity contribution in [1.29, 1.82) is 0 Å². The van der Waals surface area contributed by atoms with E-state index in [0.29, 0.717) is 17.5 Å². The van der Waals surface area contributed by atoms with Gasteiger partial charge in [-0.25, -0.2) is 19.5 Å². The van der Waals surface area contributed by atoms with Crippen molar-refractivity contribution in [2.24, 2.45) is 0 Å². The van der Waals surface area contributed by atoms with Gasteiger partial charge in [-0.3, -0.25) is 4.90 Å². The van der Waals surface area contributed by atoms with Crippen molar-refractivity contribution in [2.45, 2.75) is 30.6 Å². The fourth-order valence-electron chi connectivity index (χ4n) is 4.16. The van der Waals surface area contributed by atoms with Gasteiger partial charge in [0.1, 0.15) is 15.7 Å².